The standard InChI is InChI=1S/C9H28O4Si4.C5H27N5O10Si5/c1-14(2)12-17(8,9)13-16(6,7)11-10-15(3,4)5;1-21(12-6)17-23(3,14-8)19-25(5,16-10)20-24(4,15-9)18-22(2,11)13-7/h14H,1-9H3;11,21H,6-10H2,1-5H3. The predicted octanol–water partition coefficient (Wildman–Crippen LogP) is -0.189. The molecule has 0 aliphatic carbocycles. The van der Waals surface area contributed by atoms with Gasteiger partial charge < -0.3 is 34.0 Å². The first-order valence-electron chi connectivity index (χ1n) is 12.8. The molecule has 0 rings (SSSR count). The third-order valence-corrected chi connectivity index (χ3v) is 27.5. The van der Waals surface area contributed by atoms with E-state index in [0.717, 1.165) is 0 Å². The Morgan fingerprint density at radius 2 is 0.929 bits per heavy atom. The lowest BCUT2D eigenvalue weighted by Gasteiger charge is -2.38. The molecule has 0 heterocycles. The smallest absolute Gasteiger partial charge is 0.440 e. The molecule has 0 aromatic carbocycles. The summed E-state index contributed by atoms with van der Waals surface area (Å²) in [6.45, 7) is 25.8. The van der Waals surface area contributed by atoms with Gasteiger partial charge in [-0.1, -0.05) is 0 Å². The van der Waals surface area contributed by atoms with Crippen LogP contribution in [-0.2, 0) is 56.5 Å². The van der Waals surface area contributed by atoms with E-state index in [-0.39, 0.29) is 0 Å². The van der Waals surface area contributed by atoms with Crippen molar-refractivity contribution >= 4 is 79.0 Å². The number of hydrogen-bond donors (Lipinski definition) is 6. The van der Waals surface area contributed by atoms with Crippen molar-refractivity contribution in [2.24, 2.45) is 29.5 Å². The molecule has 0 aliphatic heterocycles. The summed E-state index contributed by atoms with van der Waals surface area (Å²) in [6, 6.07) is 0. The molecule has 0 spiro atoms. The predicted molar refractivity (Wildman–Crippen MR) is 174 cm³/mol. The van der Waals surface area contributed by atoms with Crippen LogP contribution in [-0.4, -0.2) is 83.8 Å². The lowest BCUT2D eigenvalue weighted by Crippen LogP contribution is -2.66. The van der Waals surface area contributed by atoms with E-state index in [2.05, 4.69) is 54.9 Å². The van der Waals surface area contributed by atoms with Crippen molar-refractivity contribution in [1.29, 1.82) is 0 Å². The Hall–Kier alpha value is 1.19. The maximum atomic E-state index is 9.89. The van der Waals surface area contributed by atoms with Crippen LogP contribution in [0.4, 0.5) is 0 Å². The van der Waals surface area contributed by atoms with Crippen molar-refractivity contribution in [3.63, 3.8) is 0 Å². The van der Waals surface area contributed by atoms with E-state index < -0.39 is 79.0 Å². The molecule has 42 heavy (non-hydrogen) atoms. The summed E-state index contributed by atoms with van der Waals surface area (Å²) >= 11 is 0. The summed E-state index contributed by atoms with van der Waals surface area (Å²) in [4.78, 5) is 9.89. The minimum Gasteiger partial charge on any atom is -0.440 e. The minimum atomic E-state index is -3.77. The molecule has 0 bridgehead atoms. The normalized spacial score (nSPS) is 19.6. The van der Waals surface area contributed by atoms with E-state index in [9.17, 15) is 4.80 Å². The zero-order valence-corrected chi connectivity index (χ0v) is 36.6. The quantitative estimate of drug-likeness (QED) is 0.0532. The number of rotatable bonds is 20. The Morgan fingerprint density at radius 3 is 1.29 bits per heavy atom. The fourth-order valence-electron chi connectivity index (χ4n) is 3.01. The Kier molecular flexibility index (Phi) is 20.0. The van der Waals surface area contributed by atoms with Crippen LogP contribution in [0.25, 0.3) is 0 Å². The zero-order chi connectivity index (χ0) is 33.8. The van der Waals surface area contributed by atoms with Crippen molar-refractivity contribution < 1.29 is 61.3 Å². The monoisotopic (exact) mass is 769 g/mol. The second-order valence-corrected chi connectivity index (χ2v) is 38.2. The second-order valence-electron chi connectivity index (χ2n) is 11.4. The molecule has 5 atom stereocenters. The van der Waals surface area contributed by atoms with Crippen LogP contribution >= 0.6 is 0 Å². The van der Waals surface area contributed by atoms with Gasteiger partial charge in [0.1, 0.15) is 0 Å². The van der Waals surface area contributed by atoms with Gasteiger partial charge in [0.05, 0.1) is 0 Å². The molecule has 19 nitrogen and oxygen atoms in total. The van der Waals surface area contributed by atoms with Gasteiger partial charge >= 0.3 is 61.6 Å². The molecule has 0 saturated carbocycles. The number of hydrogen-bond acceptors (Lipinski definition) is 19. The highest BCUT2D eigenvalue weighted by molar-refractivity contribution is 6.83. The molecule has 0 aromatic rings. The Balaban J connectivity index is 0. The lowest BCUT2D eigenvalue weighted by atomic mass is 11.8. The molecule has 0 fully saturated rings. The first-order chi connectivity index (χ1) is 18.6. The van der Waals surface area contributed by atoms with Crippen molar-refractivity contribution in [1.82, 2.24) is 0 Å². The molecule has 5 unspecified atom stereocenters. The summed E-state index contributed by atoms with van der Waals surface area (Å²) < 4.78 is 68.6. The van der Waals surface area contributed by atoms with Crippen LogP contribution in [0.15, 0.2) is 0 Å². The summed E-state index contributed by atoms with van der Waals surface area (Å²) in [6.07, 6.45) is 0. The van der Waals surface area contributed by atoms with Gasteiger partial charge in [-0.05, 0) is 65.5 Å². The third-order valence-electron chi connectivity index (χ3n) is 4.05. The maximum Gasteiger partial charge on any atom is 0.504 e. The van der Waals surface area contributed by atoms with Gasteiger partial charge in [-0.15, -0.1) is 0 Å². The van der Waals surface area contributed by atoms with Crippen LogP contribution in [0, 0.1) is 0 Å². The largest absolute Gasteiger partial charge is 0.504 e. The van der Waals surface area contributed by atoms with E-state index in [0.29, 0.717) is 0 Å². The van der Waals surface area contributed by atoms with Gasteiger partial charge in [-0.2, -0.15) is 0 Å². The summed E-state index contributed by atoms with van der Waals surface area (Å²) in [5.74, 6) is 25.8. The molecule has 11 N–H and O–H groups in total. The van der Waals surface area contributed by atoms with Gasteiger partial charge in [-0.25, -0.2) is 29.5 Å². The van der Waals surface area contributed by atoms with Gasteiger partial charge in [0.25, 0.3) is 0 Å². The highest BCUT2D eigenvalue weighted by Gasteiger charge is 2.56. The highest BCUT2D eigenvalue weighted by Crippen LogP contribution is 2.24. The Bertz CT molecular complexity index is 780. The number of nitrogens with two attached hydrogens (primary N) is 5. The second kappa shape index (κ2) is 18.5. The van der Waals surface area contributed by atoms with Gasteiger partial charge in [0, 0.05) is 26.2 Å². The van der Waals surface area contributed by atoms with Crippen LogP contribution < -0.4 is 29.5 Å². The van der Waals surface area contributed by atoms with Crippen LogP contribution in [0.2, 0.25) is 91.7 Å². The minimum absolute atomic E-state index is 1.07. The van der Waals surface area contributed by atoms with E-state index in [1.807, 2.05) is 13.1 Å². The van der Waals surface area contributed by atoms with Crippen LogP contribution in [0.1, 0.15) is 0 Å². The van der Waals surface area contributed by atoms with Crippen LogP contribution in [0.3, 0.4) is 0 Å². The molecule has 0 saturated heterocycles. The zero-order valence-electron chi connectivity index (χ0n) is 27.3. The first-order valence-corrected chi connectivity index (χ1v) is 35.6. The molecule has 0 aromatic heterocycles. The lowest BCUT2D eigenvalue weighted by molar-refractivity contribution is -0.138. The molecular weight excluding hydrogens is 715 g/mol. The molecule has 0 amide bonds. The third kappa shape index (κ3) is 21.1. The van der Waals surface area contributed by atoms with Crippen molar-refractivity contribution in [3.8, 4) is 0 Å². The highest BCUT2D eigenvalue weighted by atomic mass is 28.5. The fraction of sp³-hybridized carbons (Fsp3) is 1.00. The van der Waals surface area contributed by atoms with Gasteiger partial charge in [0.15, 0.2) is 9.04 Å². The molecule has 28 heteroatoms. The molecular formula is C14H55N5O14Si9. The van der Waals surface area contributed by atoms with Crippen molar-refractivity contribution in [2.45, 2.75) is 91.7 Å². The van der Waals surface area contributed by atoms with Crippen molar-refractivity contribution in [2.75, 3.05) is 0 Å². The average Bonchev–Trinajstić information content (AvgIpc) is 2.80. The van der Waals surface area contributed by atoms with Gasteiger partial charge in [-0.3, -0.25) is 27.3 Å². The fourth-order valence-corrected chi connectivity index (χ4v) is 28.7. The van der Waals surface area contributed by atoms with E-state index in [1.165, 1.54) is 26.2 Å². The van der Waals surface area contributed by atoms with Crippen molar-refractivity contribution in [3.05, 3.63) is 0 Å². The topological polar surface area (TPSA) is 270 Å². The SMILES string of the molecule is C[SiH](C)O[Si](C)(C)O[Si](C)(C)OO[Si](C)(C)C.C[SiH](ON)O[Si](C)(ON)O[Si](C)(ON)O[Si](C)(ON)O[Si](C)(O)ON. The van der Waals surface area contributed by atoms with E-state index in [4.69, 9.17) is 76.9 Å². The van der Waals surface area contributed by atoms with Crippen LogP contribution in [0.5, 0.6) is 0 Å². The molecule has 256 valence electrons. The van der Waals surface area contributed by atoms with Gasteiger partial charge in [0.2, 0.25) is 8.32 Å². The van der Waals surface area contributed by atoms with E-state index in [1.54, 1.807) is 6.55 Å². The molecule has 0 aliphatic rings. The molecule has 0 radical (unpaired) electrons. The summed E-state index contributed by atoms with van der Waals surface area (Å²) in [7, 11) is -24.1. The average molecular weight is 770 g/mol. The summed E-state index contributed by atoms with van der Waals surface area (Å²) in [5, 5.41) is 0. The Labute approximate surface area is 260 Å². The van der Waals surface area contributed by atoms with E-state index >= 15 is 0 Å². The maximum absolute atomic E-state index is 9.89. The Morgan fingerprint density at radius 1 is 0.500 bits per heavy atom. The summed E-state index contributed by atoms with van der Waals surface area (Å²) in [5.41, 5.74) is 0. The first kappa shape index (κ1) is 45.3.